The van der Waals surface area contributed by atoms with Crippen LogP contribution in [0.1, 0.15) is 38.2 Å². The van der Waals surface area contributed by atoms with E-state index < -0.39 is 0 Å². The Bertz CT molecular complexity index is 1260. The molecule has 0 atom stereocenters. The Labute approximate surface area is 170 Å². The third kappa shape index (κ3) is 3.52. The molecular weight excluding hydrogens is 358 g/mol. The van der Waals surface area contributed by atoms with Gasteiger partial charge in [-0.15, -0.1) is 0 Å². The summed E-state index contributed by atoms with van der Waals surface area (Å²) in [7, 11) is 0. The van der Waals surface area contributed by atoms with Gasteiger partial charge in [-0.1, -0.05) is 66.2 Å². The SMILES string of the molecule is Cc1cc(C)c(Cn2c(=O)c(C(=O)c3ccccc3)cc3ccccc32)c(C)c1. The van der Waals surface area contributed by atoms with Gasteiger partial charge in [0.25, 0.3) is 5.56 Å². The van der Waals surface area contributed by atoms with Crippen molar-refractivity contribution in [1.82, 2.24) is 4.57 Å². The van der Waals surface area contributed by atoms with E-state index in [1.807, 2.05) is 42.5 Å². The number of pyridine rings is 1. The largest absolute Gasteiger partial charge is 0.303 e. The van der Waals surface area contributed by atoms with Crippen molar-refractivity contribution >= 4 is 16.7 Å². The third-order valence-corrected chi connectivity index (χ3v) is 5.44. The number of para-hydroxylation sites is 1. The Hall–Kier alpha value is -3.46. The van der Waals surface area contributed by atoms with Crippen LogP contribution in [-0.4, -0.2) is 10.4 Å². The highest BCUT2D eigenvalue weighted by molar-refractivity contribution is 6.10. The van der Waals surface area contributed by atoms with Crippen LogP contribution >= 0.6 is 0 Å². The average molecular weight is 381 g/mol. The summed E-state index contributed by atoms with van der Waals surface area (Å²) in [6.45, 7) is 6.65. The summed E-state index contributed by atoms with van der Waals surface area (Å²) in [4.78, 5) is 26.5. The van der Waals surface area contributed by atoms with Gasteiger partial charge in [-0.05, 0) is 55.0 Å². The molecule has 3 heteroatoms. The first-order chi connectivity index (χ1) is 14.0. The van der Waals surface area contributed by atoms with E-state index in [2.05, 4.69) is 32.9 Å². The first-order valence-corrected chi connectivity index (χ1v) is 9.75. The molecule has 3 aromatic carbocycles. The van der Waals surface area contributed by atoms with Gasteiger partial charge in [0.05, 0.1) is 17.6 Å². The third-order valence-electron chi connectivity index (χ3n) is 5.44. The normalized spacial score (nSPS) is 11.0. The molecule has 1 heterocycles. The number of hydrogen-bond acceptors (Lipinski definition) is 2. The maximum atomic E-state index is 13.4. The van der Waals surface area contributed by atoms with Gasteiger partial charge in [-0.25, -0.2) is 0 Å². The lowest BCUT2D eigenvalue weighted by atomic mass is 9.98. The molecule has 0 radical (unpaired) electrons. The fourth-order valence-electron chi connectivity index (χ4n) is 4.01. The van der Waals surface area contributed by atoms with E-state index in [-0.39, 0.29) is 16.9 Å². The van der Waals surface area contributed by atoms with Crippen molar-refractivity contribution in [3.8, 4) is 0 Å². The number of carbonyl (C=O) groups excluding carboxylic acids is 1. The zero-order valence-corrected chi connectivity index (χ0v) is 16.9. The number of benzene rings is 3. The Kier molecular flexibility index (Phi) is 4.89. The predicted octanol–water partition coefficient (Wildman–Crippen LogP) is 5.21. The Morgan fingerprint density at radius 3 is 2.14 bits per heavy atom. The minimum atomic E-state index is -0.253. The first-order valence-electron chi connectivity index (χ1n) is 9.75. The van der Waals surface area contributed by atoms with Crippen LogP contribution in [-0.2, 0) is 6.54 Å². The number of aromatic nitrogens is 1. The monoisotopic (exact) mass is 381 g/mol. The molecule has 0 fully saturated rings. The molecule has 3 nitrogen and oxygen atoms in total. The van der Waals surface area contributed by atoms with E-state index in [9.17, 15) is 9.59 Å². The van der Waals surface area contributed by atoms with Gasteiger partial charge in [0.1, 0.15) is 0 Å². The van der Waals surface area contributed by atoms with Crippen LogP contribution < -0.4 is 5.56 Å². The van der Waals surface area contributed by atoms with Gasteiger partial charge in [0.2, 0.25) is 0 Å². The number of fused-ring (bicyclic) bond motifs is 1. The maximum absolute atomic E-state index is 13.4. The van der Waals surface area contributed by atoms with E-state index in [0.717, 1.165) is 27.6 Å². The van der Waals surface area contributed by atoms with Crippen LogP contribution in [0.5, 0.6) is 0 Å². The van der Waals surface area contributed by atoms with Crippen LogP contribution in [0.25, 0.3) is 10.9 Å². The molecular formula is C26H23NO2. The maximum Gasteiger partial charge on any atom is 0.262 e. The van der Waals surface area contributed by atoms with Crippen molar-refractivity contribution < 1.29 is 4.79 Å². The van der Waals surface area contributed by atoms with E-state index in [0.29, 0.717) is 12.1 Å². The van der Waals surface area contributed by atoms with Crippen LogP contribution in [0.2, 0.25) is 0 Å². The minimum absolute atomic E-state index is 0.206. The quantitative estimate of drug-likeness (QED) is 0.456. The van der Waals surface area contributed by atoms with Gasteiger partial charge in [0.15, 0.2) is 5.78 Å². The standard InChI is InChI=1S/C26H23NO2/c1-17-13-18(2)23(19(3)14-17)16-27-24-12-8-7-11-21(24)15-22(26(27)29)25(28)20-9-5-4-6-10-20/h4-15H,16H2,1-3H3. The molecule has 0 saturated heterocycles. The average Bonchev–Trinajstić information content (AvgIpc) is 2.71. The Morgan fingerprint density at radius 2 is 1.45 bits per heavy atom. The molecule has 0 spiro atoms. The highest BCUT2D eigenvalue weighted by Gasteiger charge is 2.18. The molecule has 0 aliphatic carbocycles. The molecule has 1 aromatic heterocycles. The van der Waals surface area contributed by atoms with E-state index in [1.54, 1.807) is 22.8 Å². The lowest BCUT2D eigenvalue weighted by molar-refractivity contribution is 0.103. The molecule has 4 aromatic rings. The number of hydrogen-bond donors (Lipinski definition) is 0. The van der Waals surface area contributed by atoms with Crippen molar-refractivity contribution in [2.75, 3.05) is 0 Å². The summed E-state index contributed by atoms with van der Waals surface area (Å²) in [5, 5.41) is 0.883. The van der Waals surface area contributed by atoms with Gasteiger partial charge in [-0.2, -0.15) is 0 Å². The number of ketones is 1. The molecule has 0 N–H and O–H groups in total. The van der Waals surface area contributed by atoms with Crippen molar-refractivity contribution in [2.24, 2.45) is 0 Å². The summed E-state index contributed by atoms with van der Waals surface area (Å²) in [5.41, 5.74) is 5.93. The van der Waals surface area contributed by atoms with Crippen LogP contribution in [0, 0.1) is 20.8 Å². The molecule has 0 bridgehead atoms. The summed E-state index contributed by atoms with van der Waals surface area (Å²) in [5.74, 6) is -0.243. The van der Waals surface area contributed by atoms with Crippen molar-refractivity contribution in [3.05, 3.63) is 117 Å². The Balaban J connectivity index is 1.93. The number of rotatable bonds is 4. The zero-order chi connectivity index (χ0) is 20.5. The van der Waals surface area contributed by atoms with Crippen molar-refractivity contribution in [3.63, 3.8) is 0 Å². The lowest BCUT2D eigenvalue weighted by Gasteiger charge is -2.16. The highest BCUT2D eigenvalue weighted by atomic mass is 16.1. The molecule has 0 amide bonds. The fourth-order valence-corrected chi connectivity index (χ4v) is 4.01. The van der Waals surface area contributed by atoms with Crippen molar-refractivity contribution in [1.29, 1.82) is 0 Å². The molecule has 144 valence electrons. The molecule has 0 unspecified atom stereocenters. The number of nitrogens with zero attached hydrogens (tertiary/aromatic N) is 1. The highest BCUT2D eigenvalue weighted by Crippen LogP contribution is 2.21. The molecule has 29 heavy (non-hydrogen) atoms. The van der Waals surface area contributed by atoms with Gasteiger partial charge in [-0.3, -0.25) is 9.59 Å². The number of aryl methyl sites for hydroxylation is 3. The second-order valence-electron chi connectivity index (χ2n) is 7.58. The lowest BCUT2D eigenvalue weighted by Crippen LogP contribution is -2.28. The van der Waals surface area contributed by atoms with E-state index >= 15 is 0 Å². The molecule has 4 rings (SSSR count). The van der Waals surface area contributed by atoms with E-state index in [4.69, 9.17) is 0 Å². The van der Waals surface area contributed by atoms with Crippen molar-refractivity contribution in [2.45, 2.75) is 27.3 Å². The number of carbonyl (C=O) groups is 1. The summed E-state index contributed by atoms with van der Waals surface area (Å²) < 4.78 is 1.73. The summed E-state index contributed by atoms with van der Waals surface area (Å²) >= 11 is 0. The van der Waals surface area contributed by atoms with Gasteiger partial charge >= 0.3 is 0 Å². The summed E-state index contributed by atoms with van der Waals surface area (Å²) in [6, 6.07) is 22.7. The van der Waals surface area contributed by atoms with Crippen LogP contribution in [0.4, 0.5) is 0 Å². The second kappa shape index (κ2) is 7.51. The van der Waals surface area contributed by atoms with Gasteiger partial charge in [0, 0.05) is 5.56 Å². The minimum Gasteiger partial charge on any atom is -0.303 e. The van der Waals surface area contributed by atoms with Gasteiger partial charge < -0.3 is 4.57 Å². The smallest absolute Gasteiger partial charge is 0.262 e. The topological polar surface area (TPSA) is 39.1 Å². The molecule has 0 aliphatic heterocycles. The second-order valence-corrected chi connectivity index (χ2v) is 7.58. The first kappa shape index (κ1) is 18.9. The van der Waals surface area contributed by atoms with Crippen LogP contribution in [0.15, 0.2) is 77.6 Å². The summed E-state index contributed by atoms with van der Waals surface area (Å²) in [6.07, 6.45) is 0. The zero-order valence-electron chi connectivity index (χ0n) is 16.9. The molecule has 0 saturated carbocycles. The fraction of sp³-hybridized carbons (Fsp3) is 0.154. The van der Waals surface area contributed by atoms with E-state index in [1.165, 1.54) is 5.56 Å². The molecule has 0 aliphatic rings. The Morgan fingerprint density at radius 1 is 0.828 bits per heavy atom. The van der Waals surface area contributed by atoms with Crippen LogP contribution in [0.3, 0.4) is 0 Å². The predicted molar refractivity (Wildman–Crippen MR) is 118 cm³/mol.